The van der Waals surface area contributed by atoms with E-state index in [-0.39, 0.29) is 18.7 Å². The van der Waals surface area contributed by atoms with Crippen molar-refractivity contribution in [1.29, 1.82) is 0 Å². The molecule has 0 aliphatic carbocycles. The summed E-state index contributed by atoms with van der Waals surface area (Å²) >= 11 is 0. The van der Waals surface area contributed by atoms with Gasteiger partial charge in [-0.2, -0.15) is 17.5 Å². The third-order valence-corrected chi connectivity index (χ3v) is 7.92. The summed E-state index contributed by atoms with van der Waals surface area (Å²) in [5.41, 5.74) is 1.33. The minimum atomic E-state index is -4.68. The van der Waals surface area contributed by atoms with Gasteiger partial charge in [0.25, 0.3) is 5.56 Å². The van der Waals surface area contributed by atoms with Crippen molar-refractivity contribution < 1.29 is 26.3 Å². The lowest BCUT2D eigenvalue weighted by Gasteiger charge is -2.25. The Labute approximate surface area is 195 Å². The van der Waals surface area contributed by atoms with E-state index in [0.717, 1.165) is 45.4 Å². The van der Waals surface area contributed by atoms with Crippen LogP contribution in [0.4, 0.5) is 13.2 Å². The predicted octanol–water partition coefficient (Wildman–Crippen LogP) is 4.53. The maximum Gasteiger partial charge on any atom is 0.416 e. The molecule has 34 heavy (non-hydrogen) atoms. The molecule has 0 amide bonds. The second-order valence-electron chi connectivity index (χ2n) is 8.61. The van der Waals surface area contributed by atoms with Crippen LogP contribution in [0.3, 0.4) is 0 Å². The van der Waals surface area contributed by atoms with Crippen LogP contribution in [0.15, 0.2) is 52.2 Å². The molecule has 10 heteroatoms. The third kappa shape index (κ3) is 5.03. The van der Waals surface area contributed by atoms with Gasteiger partial charge in [0.1, 0.15) is 0 Å². The van der Waals surface area contributed by atoms with Crippen LogP contribution in [-0.4, -0.2) is 37.0 Å². The first-order valence-electron chi connectivity index (χ1n) is 10.9. The van der Waals surface area contributed by atoms with Crippen LogP contribution in [-0.2, 0) is 27.5 Å². The number of aryl methyl sites for hydroxylation is 2. The molecule has 1 aliphatic heterocycles. The molecule has 1 saturated heterocycles. The molecule has 1 N–H and O–H groups in total. The van der Waals surface area contributed by atoms with Crippen LogP contribution < -0.4 is 5.56 Å². The van der Waals surface area contributed by atoms with Gasteiger partial charge in [0, 0.05) is 30.8 Å². The number of aromatic amines is 1. The van der Waals surface area contributed by atoms with Gasteiger partial charge in [-0.25, -0.2) is 8.42 Å². The molecule has 0 saturated carbocycles. The zero-order chi connectivity index (χ0) is 24.7. The number of H-pyrrole nitrogens is 1. The van der Waals surface area contributed by atoms with Crippen LogP contribution in [0, 0.1) is 13.8 Å². The quantitative estimate of drug-likeness (QED) is 0.546. The number of hydrogen-bond donors (Lipinski definition) is 1. The minimum absolute atomic E-state index is 0.0665. The number of rotatable bonds is 6. The highest BCUT2D eigenvalue weighted by Gasteiger charge is 2.34. The van der Waals surface area contributed by atoms with Crippen molar-refractivity contribution in [2.75, 3.05) is 13.2 Å². The van der Waals surface area contributed by atoms with Crippen LogP contribution in [0.25, 0.3) is 10.9 Å². The molecule has 1 unspecified atom stereocenters. The first-order valence-corrected chi connectivity index (χ1v) is 12.3. The smallest absolute Gasteiger partial charge is 0.377 e. The number of nitrogens with zero attached hydrogens (tertiary/aromatic N) is 1. The number of aromatic nitrogens is 1. The first kappa shape index (κ1) is 24.4. The molecule has 1 fully saturated rings. The van der Waals surface area contributed by atoms with E-state index in [1.165, 1.54) is 0 Å². The van der Waals surface area contributed by atoms with E-state index >= 15 is 0 Å². The van der Waals surface area contributed by atoms with Crippen molar-refractivity contribution in [2.24, 2.45) is 0 Å². The highest BCUT2D eigenvalue weighted by atomic mass is 32.2. The van der Waals surface area contributed by atoms with E-state index in [9.17, 15) is 26.4 Å². The standard InChI is InChI=1S/C24H25F3N2O4S/c1-15-9-17-11-18(23(30)28-22(17)10-16(15)2)13-29(14-20-6-4-8-33-20)34(31,32)21-7-3-5-19(12-21)24(25,26)27/h3,5,7,9-12,20H,4,6,8,13-14H2,1-2H3,(H,28,30). The normalized spacial score (nSPS) is 17.1. The number of benzene rings is 2. The van der Waals surface area contributed by atoms with Crippen LogP contribution in [0.5, 0.6) is 0 Å². The molecule has 3 aromatic rings. The lowest BCUT2D eigenvalue weighted by atomic mass is 10.0. The topological polar surface area (TPSA) is 79.5 Å². The van der Waals surface area contributed by atoms with Crippen molar-refractivity contribution in [2.45, 2.75) is 50.4 Å². The van der Waals surface area contributed by atoms with Gasteiger partial charge in [-0.1, -0.05) is 6.07 Å². The molecule has 0 bridgehead atoms. The van der Waals surface area contributed by atoms with Gasteiger partial charge in [-0.3, -0.25) is 4.79 Å². The number of nitrogens with one attached hydrogen (secondary N) is 1. The van der Waals surface area contributed by atoms with Gasteiger partial charge < -0.3 is 9.72 Å². The van der Waals surface area contributed by atoms with Crippen LogP contribution in [0.1, 0.15) is 35.1 Å². The zero-order valence-electron chi connectivity index (χ0n) is 18.8. The summed E-state index contributed by atoms with van der Waals surface area (Å²) in [7, 11) is -4.35. The summed E-state index contributed by atoms with van der Waals surface area (Å²) in [6.45, 7) is 3.98. The molecular weight excluding hydrogens is 469 g/mol. The number of pyridine rings is 1. The molecule has 1 aromatic heterocycles. The average Bonchev–Trinajstić information content (AvgIpc) is 3.28. The number of hydrogen-bond acceptors (Lipinski definition) is 4. The molecule has 0 radical (unpaired) electrons. The zero-order valence-corrected chi connectivity index (χ0v) is 19.6. The maximum atomic E-state index is 13.5. The van der Waals surface area contributed by atoms with E-state index in [4.69, 9.17) is 4.74 Å². The number of sulfonamides is 1. The number of alkyl halides is 3. The molecule has 1 aliphatic rings. The molecule has 6 nitrogen and oxygen atoms in total. The molecular formula is C24H25F3N2O4S. The predicted molar refractivity (Wildman–Crippen MR) is 122 cm³/mol. The van der Waals surface area contributed by atoms with E-state index in [0.29, 0.717) is 24.6 Å². The Hall–Kier alpha value is -2.69. The summed E-state index contributed by atoms with van der Waals surface area (Å²) < 4.78 is 73.2. The monoisotopic (exact) mass is 494 g/mol. The second kappa shape index (κ2) is 9.16. The van der Waals surface area contributed by atoms with Gasteiger partial charge in [-0.05, 0) is 79.6 Å². The van der Waals surface area contributed by atoms with Gasteiger partial charge >= 0.3 is 6.18 Å². The van der Waals surface area contributed by atoms with Gasteiger partial charge in [0.05, 0.1) is 16.6 Å². The highest BCUT2D eigenvalue weighted by Crippen LogP contribution is 2.32. The fourth-order valence-corrected chi connectivity index (χ4v) is 5.57. The Balaban J connectivity index is 1.75. The van der Waals surface area contributed by atoms with Crippen LogP contribution in [0.2, 0.25) is 0 Å². The van der Waals surface area contributed by atoms with Crippen molar-refractivity contribution in [1.82, 2.24) is 9.29 Å². The van der Waals surface area contributed by atoms with Crippen molar-refractivity contribution in [3.05, 3.63) is 75.1 Å². The van der Waals surface area contributed by atoms with E-state index in [1.54, 1.807) is 6.07 Å². The maximum absolute atomic E-state index is 13.5. The van der Waals surface area contributed by atoms with Crippen molar-refractivity contribution in [3.8, 4) is 0 Å². The summed E-state index contributed by atoms with van der Waals surface area (Å²) in [6, 6.07) is 9.01. The van der Waals surface area contributed by atoms with Gasteiger partial charge in [-0.15, -0.1) is 0 Å². The molecule has 0 spiro atoms. The molecule has 182 valence electrons. The minimum Gasteiger partial charge on any atom is -0.377 e. The Kier molecular flexibility index (Phi) is 6.58. The fourth-order valence-electron chi connectivity index (χ4n) is 4.07. The molecule has 2 heterocycles. The summed E-state index contributed by atoms with van der Waals surface area (Å²) in [5.74, 6) is 0. The second-order valence-corrected chi connectivity index (χ2v) is 10.5. The third-order valence-electron chi connectivity index (χ3n) is 6.11. The van der Waals surface area contributed by atoms with Crippen molar-refractivity contribution >= 4 is 20.9 Å². The molecule has 2 aromatic carbocycles. The van der Waals surface area contributed by atoms with Gasteiger partial charge in [0.2, 0.25) is 10.0 Å². The average molecular weight is 495 g/mol. The molecule has 4 rings (SSSR count). The fraction of sp³-hybridized carbons (Fsp3) is 0.375. The lowest BCUT2D eigenvalue weighted by Crippen LogP contribution is -2.38. The SMILES string of the molecule is Cc1cc2cc(CN(CC3CCCO3)S(=O)(=O)c3cccc(C(F)(F)F)c3)c(=O)[nH]c2cc1C. The van der Waals surface area contributed by atoms with Crippen LogP contribution >= 0.6 is 0 Å². The molecule has 1 atom stereocenters. The van der Waals surface area contributed by atoms with E-state index in [1.807, 2.05) is 26.0 Å². The lowest BCUT2D eigenvalue weighted by molar-refractivity contribution is -0.137. The summed E-state index contributed by atoms with van der Waals surface area (Å²) in [6.07, 6.45) is -3.69. The number of fused-ring (bicyclic) bond motifs is 1. The van der Waals surface area contributed by atoms with E-state index < -0.39 is 38.3 Å². The summed E-state index contributed by atoms with van der Waals surface area (Å²) in [5, 5.41) is 0.742. The first-order chi connectivity index (χ1) is 15.9. The number of halogens is 3. The largest absolute Gasteiger partial charge is 0.416 e. The Morgan fingerprint density at radius 1 is 1.12 bits per heavy atom. The summed E-state index contributed by atoms with van der Waals surface area (Å²) in [4.78, 5) is 15.1. The van der Waals surface area contributed by atoms with Gasteiger partial charge in [0.15, 0.2) is 0 Å². The highest BCUT2D eigenvalue weighted by molar-refractivity contribution is 7.89. The number of ether oxygens (including phenoxy) is 1. The van der Waals surface area contributed by atoms with Crippen molar-refractivity contribution in [3.63, 3.8) is 0 Å². The van der Waals surface area contributed by atoms with E-state index in [2.05, 4.69) is 4.98 Å². The Bertz CT molecular complexity index is 1380. The Morgan fingerprint density at radius 2 is 1.85 bits per heavy atom. The Morgan fingerprint density at radius 3 is 2.53 bits per heavy atom.